The zero-order valence-electron chi connectivity index (χ0n) is 20.6. The third-order valence-corrected chi connectivity index (χ3v) is 7.40. The molecular weight excluding hydrogens is 497 g/mol. The molecule has 0 fully saturated rings. The summed E-state index contributed by atoms with van der Waals surface area (Å²) in [6.45, 7) is 4.29. The van der Waals surface area contributed by atoms with Gasteiger partial charge in [-0.1, -0.05) is 0 Å². The lowest BCUT2D eigenvalue weighted by Crippen LogP contribution is -2.41. The summed E-state index contributed by atoms with van der Waals surface area (Å²) in [5.74, 6) is -0.335. The fraction of sp³-hybridized carbons (Fsp3) is 0.269. The highest BCUT2D eigenvalue weighted by Crippen LogP contribution is 2.23. The van der Waals surface area contributed by atoms with E-state index in [1.165, 1.54) is 28.8 Å². The summed E-state index contributed by atoms with van der Waals surface area (Å²) >= 11 is 0. The lowest BCUT2D eigenvalue weighted by molar-refractivity contribution is 0.0726. The van der Waals surface area contributed by atoms with Gasteiger partial charge in [0.05, 0.1) is 22.8 Å². The van der Waals surface area contributed by atoms with Crippen molar-refractivity contribution in [2.24, 2.45) is 0 Å². The van der Waals surface area contributed by atoms with Gasteiger partial charge in [-0.15, -0.1) is 0 Å². The Morgan fingerprint density at radius 1 is 1.14 bits per heavy atom. The minimum Gasteiger partial charge on any atom is -0.353 e. The van der Waals surface area contributed by atoms with Crippen molar-refractivity contribution >= 4 is 32.6 Å². The van der Waals surface area contributed by atoms with E-state index in [9.17, 15) is 22.4 Å². The maximum Gasteiger partial charge on any atom is 0.270 e. The smallest absolute Gasteiger partial charge is 0.270 e. The number of amides is 1. The van der Waals surface area contributed by atoms with Gasteiger partial charge in [0, 0.05) is 35.3 Å². The maximum atomic E-state index is 13.6. The number of nitrogens with zero attached hydrogens (tertiary/aromatic N) is 3. The minimum absolute atomic E-state index is 0.0421. The Bertz CT molecular complexity index is 1690. The van der Waals surface area contributed by atoms with Crippen LogP contribution in [0.25, 0.3) is 16.6 Å². The van der Waals surface area contributed by atoms with Gasteiger partial charge in [-0.3, -0.25) is 9.59 Å². The Morgan fingerprint density at radius 2 is 1.86 bits per heavy atom. The number of hydrogen-bond acceptors (Lipinski definition) is 6. The number of fused-ring (bicyclic) bond motifs is 2. The van der Waals surface area contributed by atoms with Gasteiger partial charge in [0.1, 0.15) is 11.5 Å². The van der Waals surface area contributed by atoms with Crippen LogP contribution in [-0.2, 0) is 22.8 Å². The maximum absolute atomic E-state index is 13.6. The molecule has 0 bridgehead atoms. The summed E-state index contributed by atoms with van der Waals surface area (Å²) in [4.78, 5) is 36.4. The van der Waals surface area contributed by atoms with E-state index in [1.54, 1.807) is 29.2 Å². The van der Waals surface area contributed by atoms with Gasteiger partial charge in [0.2, 0.25) is 5.95 Å². The monoisotopic (exact) mass is 523 g/mol. The first-order chi connectivity index (χ1) is 17.5. The molecule has 0 saturated carbocycles. The molecule has 4 aromatic rings. The third-order valence-electron chi connectivity index (χ3n) is 6.28. The standard InChI is InChI=1S/C26H26FN5O4S/c1-15(2)28-26-30-23-14-31(25(34)22-13-16-12-17(27)4-9-21(16)29-22)11-10-20(23)24(33)32(26)18-5-7-19(8-6-18)37(3,35)36/h4-9,12-13,15,29H,10-11,14H2,1-3H3,(H,28,30). The van der Waals surface area contributed by atoms with Crippen LogP contribution in [0.3, 0.4) is 0 Å². The van der Waals surface area contributed by atoms with Crippen LogP contribution >= 0.6 is 0 Å². The van der Waals surface area contributed by atoms with Crippen LogP contribution in [0.4, 0.5) is 10.3 Å². The highest BCUT2D eigenvalue weighted by Gasteiger charge is 2.28. The number of anilines is 1. The number of benzene rings is 2. The molecule has 0 radical (unpaired) electrons. The Morgan fingerprint density at radius 3 is 2.54 bits per heavy atom. The van der Waals surface area contributed by atoms with Crippen molar-refractivity contribution in [2.45, 2.75) is 37.8 Å². The van der Waals surface area contributed by atoms with Crippen LogP contribution < -0.4 is 10.9 Å². The number of H-pyrrole nitrogens is 1. The van der Waals surface area contributed by atoms with Crippen molar-refractivity contribution < 1.29 is 17.6 Å². The third kappa shape index (κ3) is 4.74. The summed E-state index contributed by atoms with van der Waals surface area (Å²) in [7, 11) is -3.38. The number of aromatic amines is 1. The highest BCUT2D eigenvalue weighted by atomic mass is 32.2. The molecule has 1 amide bonds. The average molecular weight is 524 g/mol. The number of aromatic nitrogens is 3. The number of halogens is 1. The number of sulfone groups is 1. The van der Waals surface area contributed by atoms with Crippen molar-refractivity contribution in [1.82, 2.24) is 19.4 Å². The Balaban J connectivity index is 1.51. The second-order valence-electron chi connectivity index (χ2n) is 9.46. The van der Waals surface area contributed by atoms with Crippen LogP contribution in [0.1, 0.15) is 35.6 Å². The number of nitrogens with one attached hydrogen (secondary N) is 2. The van der Waals surface area contributed by atoms with E-state index in [2.05, 4.69) is 10.3 Å². The van der Waals surface area contributed by atoms with Gasteiger partial charge in [0.25, 0.3) is 11.5 Å². The largest absolute Gasteiger partial charge is 0.353 e. The number of carbonyl (C=O) groups is 1. The van der Waals surface area contributed by atoms with E-state index in [1.807, 2.05) is 13.8 Å². The van der Waals surface area contributed by atoms with Gasteiger partial charge < -0.3 is 15.2 Å². The first-order valence-electron chi connectivity index (χ1n) is 11.8. The van der Waals surface area contributed by atoms with E-state index in [0.717, 1.165) is 6.26 Å². The van der Waals surface area contributed by atoms with Crippen LogP contribution in [0.2, 0.25) is 0 Å². The highest BCUT2D eigenvalue weighted by molar-refractivity contribution is 7.90. The lowest BCUT2D eigenvalue weighted by Gasteiger charge is -2.29. The molecule has 2 aromatic carbocycles. The molecule has 1 aliphatic rings. The molecule has 0 aliphatic carbocycles. The zero-order valence-corrected chi connectivity index (χ0v) is 21.4. The Kier molecular flexibility index (Phi) is 6.10. The molecular formula is C26H26FN5O4S. The minimum atomic E-state index is -3.38. The van der Waals surface area contributed by atoms with Gasteiger partial charge in [-0.05, 0) is 68.8 Å². The Labute approximate surface area is 212 Å². The van der Waals surface area contributed by atoms with Crippen LogP contribution in [0, 0.1) is 5.82 Å². The predicted octanol–water partition coefficient (Wildman–Crippen LogP) is 3.28. The fourth-order valence-electron chi connectivity index (χ4n) is 4.49. The molecule has 192 valence electrons. The van der Waals surface area contributed by atoms with Crippen LogP contribution in [-0.4, -0.2) is 52.6 Å². The van der Waals surface area contributed by atoms with Crippen molar-refractivity contribution in [3.8, 4) is 5.69 Å². The summed E-state index contributed by atoms with van der Waals surface area (Å²) in [5.41, 5.74) is 2.22. The van der Waals surface area contributed by atoms with Crippen molar-refractivity contribution in [2.75, 3.05) is 18.1 Å². The first kappa shape index (κ1) is 24.7. The van der Waals surface area contributed by atoms with E-state index >= 15 is 0 Å². The number of rotatable bonds is 5. The summed E-state index contributed by atoms with van der Waals surface area (Å²) in [5, 5.41) is 3.80. The predicted molar refractivity (Wildman–Crippen MR) is 138 cm³/mol. The van der Waals surface area contributed by atoms with Gasteiger partial charge >= 0.3 is 0 Å². The molecule has 0 unspecified atom stereocenters. The quantitative estimate of drug-likeness (QED) is 0.415. The summed E-state index contributed by atoms with van der Waals surface area (Å²) in [6, 6.07) is 11.9. The van der Waals surface area contributed by atoms with E-state index in [4.69, 9.17) is 4.98 Å². The number of hydrogen-bond donors (Lipinski definition) is 2. The molecule has 3 heterocycles. The topological polar surface area (TPSA) is 117 Å². The molecule has 11 heteroatoms. The molecule has 37 heavy (non-hydrogen) atoms. The first-order valence-corrected chi connectivity index (χ1v) is 13.7. The van der Waals surface area contributed by atoms with Crippen LogP contribution in [0.5, 0.6) is 0 Å². The van der Waals surface area contributed by atoms with Crippen LogP contribution in [0.15, 0.2) is 58.2 Å². The SMILES string of the molecule is CC(C)Nc1nc2c(c(=O)n1-c1ccc(S(C)(=O)=O)cc1)CCN(C(=O)c1cc3cc(F)ccc3[nH]1)C2. The fourth-order valence-corrected chi connectivity index (χ4v) is 5.12. The molecule has 1 aliphatic heterocycles. The van der Waals surface area contributed by atoms with Crippen molar-refractivity contribution in [1.29, 1.82) is 0 Å². The molecule has 0 spiro atoms. The molecule has 2 N–H and O–H groups in total. The van der Waals surface area contributed by atoms with Gasteiger partial charge in [-0.25, -0.2) is 22.4 Å². The summed E-state index contributed by atoms with van der Waals surface area (Å²) in [6.07, 6.45) is 1.44. The molecule has 5 rings (SSSR count). The van der Waals surface area contributed by atoms with E-state index in [0.29, 0.717) is 52.5 Å². The Hall–Kier alpha value is -3.99. The second-order valence-corrected chi connectivity index (χ2v) is 11.5. The number of carbonyl (C=O) groups excluding carboxylic acids is 1. The molecule has 0 saturated heterocycles. The molecule has 9 nitrogen and oxygen atoms in total. The van der Waals surface area contributed by atoms with Crippen molar-refractivity contribution in [3.05, 3.63) is 81.7 Å². The van der Waals surface area contributed by atoms with E-state index in [-0.39, 0.29) is 34.8 Å². The lowest BCUT2D eigenvalue weighted by atomic mass is 10.1. The second kappa shape index (κ2) is 9.15. The molecule has 2 aromatic heterocycles. The normalized spacial score (nSPS) is 13.7. The molecule has 0 atom stereocenters. The summed E-state index contributed by atoms with van der Waals surface area (Å²) < 4.78 is 38.7. The van der Waals surface area contributed by atoms with E-state index < -0.39 is 9.84 Å². The van der Waals surface area contributed by atoms with Gasteiger partial charge in [0.15, 0.2) is 9.84 Å². The average Bonchev–Trinajstić information content (AvgIpc) is 3.26. The van der Waals surface area contributed by atoms with Gasteiger partial charge in [-0.2, -0.15) is 0 Å². The zero-order chi connectivity index (χ0) is 26.5. The van der Waals surface area contributed by atoms with Crippen molar-refractivity contribution in [3.63, 3.8) is 0 Å².